The Morgan fingerprint density at radius 3 is 2.50 bits per heavy atom. The van der Waals surface area contributed by atoms with E-state index in [1.54, 1.807) is 13.8 Å². The third kappa shape index (κ3) is 5.34. The van der Waals surface area contributed by atoms with Gasteiger partial charge in [-0.1, -0.05) is 12.1 Å². The van der Waals surface area contributed by atoms with Crippen LogP contribution in [0.25, 0.3) is 0 Å². The van der Waals surface area contributed by atoms with E-state index in [2.05, 4.69) is 5.32 Å². The van der Waals surface area contributed by atoms with Crippen molar-refractivity contribution in [1.29, 1.82) is 0 Å². The van der Waals surface area contributed by atoms with Crippen LogP contribution < -0.4 is 5.32 Å². The van der Waals surface area contributed by atoms with Gasteiger partial charge in [0.2, 0.25) is 5.91 Å². The number of rotatable bonds is 8. The summed E-state index contributed by atoms with van der Waals surface area (Å²) in [6.45, 7) is 3.39. The van der Waals surface area contributed by atoms with Crippen LogP contribution in [0.1, 0.15) is 24.2 Å². The topological polar surface area (TPSA) is 119 Å². The number of hydrogen-bond acceptors (Lipinski definition) is 6. The number of carbonyl (C=O) groups is 3. The lowest BCUT2D eigenvalue weighted by molar-refractivity contribution is -0.385. The van der Waals surface area contributed by atoms with Crippen molar-refractivity contribution in [2.75, 3.05) is 26.2 Å². The molecular formula is C15H19N3O6. The van der Waals surface area contributed by atoms with E-state index in [9.17, 15) is 24.5 Å². The summed E-state index contributed by atoms with van der Waals surface area (Å²) in [5.74, 6) is -1.85. The van der Waals surface area contributed by atoms with Gasteiger partial charge < -0.3 is 15.0 Å². The fourth-order valence-corrected chi connectivity index (χ4v) is 1.90. The van der Waals surface area contributed by atoms with Gasteiger partial charge in [-0.3, -0.25) is 19.7 Å². The van der Waals surface area contributed by atoms with Crippen molar-refractivity contribution in [3.8, 4) is 0 Å². The molecule has 0 fully saturated rings. The molecule has 1 aromatic carbocycles. The molecule has 9 nitrogen and oxygen atoms in total. The lowest BCUT2D eigenvalue weighted by atomic mass is 10.2. The van der Waals surface area contributed by atoms with Gasteiger partial charge in [-0.25, -0.2) is 4.79 Å². The molecule has 0 spiro atoms. The minimum Gasteiger partial charge on any atom is -0.452 e. The molecule has 0 aliphatic rings. The van der Waals surface area contributed by atoms with Crippen LogP contribution in [0.5, 0.6) is 0 Å². The summed E-state index contributed by atoms with van der Waals surface area (Å²) in [4.78, 5) is 46.8. The van der Waals surface area contributed by atoms with Gasteiger partial charge in [0.15, 0.2) is 6.61 Å². The predicted molar refractivity (Wildman–Crippen MR) is 84.3 cm³/mol. The highest BCUT2D eigenvalue weighted by atomic mass is 16.6. The molecule has 0 aliphatic carbocycles. The molecule has 1 aromatic rings. The maximum Gasteiger partial charge on any atom is 0.345 e. The summed E-state index contributed by atoms with van der Waals surface area (Å²) in [6.07, 6.45) is 0. The van der Waals surface area contributed by atoms with Crippen molar-refractivity contribution in [1.82, 2.24) is 10.2 Å². The number of ether oxygens (including phenoxy) is 1. The van der Waals surface area contributed by atoms with E-state index in [1.165, 1.54) is 29.2 Å². The van der Waals surface area contributed by atoms with Gasteiger partial charge in [-0.05, 0) is 19.9 Å². The molecule has 9 heteroatoms. The highest BCUT2D eigenvalue weighted by Crippen LogP contribution is 2.18. The van der Waals surface area contributed by atoms with E-state index in [1.807, 2.05) is 0 Å². The molecule has 0 aromatic heterocycles. The van der Waals surface area contributed by atoms with E-state index >= 15 is 0 Å². The number of nitro benzene ring substituents is 1. The Labute approximate surface area is 138 Å². The SMILES string of the molecule is CCNC(=O)CN(CC)C(=O)COC(=O)c1ccccc1[N+](=O)[O-]. The Balaban J connectivity index is 2.67. The Bertz CT molecular complexity index is 631. The first-order valence-corrected chi connectivity index (χ1v) is 7.35. The minimum atomic E-state index is -0.968. The molecule has 24 heavy (non-hydrogen) atoms. The smallest absolute Gasteiger partial charge is 0.345 e. The summed E-state index contributed by atoms with van der Waals surface area (Å²) < 4.78 is 4.84. The molecular weight excluding hydrogens is 318 g/mol. The molecule has 0 aliphatic heterocycles. The fraction of sp³-hybridized carbons (Fsp3) is 0.400. The summed E-state index contributed by atoms with van der Waals surface area (Å²) in [5, 5.41) is 13.4. The van der Waals surface area contributed by atoms with E-state index in [-0.39, 0.29) is 24.6 Å². The lowest BCUT2D eigenvalue weighted by Crippen LogP contribution is -2.42. The van der Waals surface area contributed by atoms with Crippen molar-refractivity contribution in [3.05, 3.63) is 39.9 Å². The largest absolute Gasteiger partial charge is 0.452 e. The number of amides is 2. The van der Waals surface area contributed by atoms with Crippen molar-refractivity contribution >= 4 is 23.5 Å². The number of likely N-dealkylation sites (N-methyl/N-ethyl adjacent to an activating group) is 2. The summed E-state index contributed by atoms with van der Waals surface area (Å²) in [6, 6.07) is 5.30. The van der Waals surface area contributed by atoms with Crippen LogP contribution in [-0.4, -0.2) is 53.8 Å². The third-order valence-corrected chi connectivity index (χ3v) is 3.09. The van der Waals surface area contributed by atoms with Gasteiger partial charge in [0.1, 0.15) is 5.56 Å². The Kier molecular flexibility index (Phi) is 7.34. The second kappa shape index (κ2) is 9.23. The number of benzene rings is 1. The number of nitrogens with zero attached hydrogens (tertiary/aromatic N) is 2. The van der Waals surface area contributed by atoms with Crippen molar-refractivity contribution < 1.29 is 24.0 Å². The zero-order chi connectivity index (χ0) is 18.1. The zero-order valence-electron chi connectivity index (χ0n) is 13.5. The average Bonchev–Trinajstić information content (AvgIpc) is 2.57. The van der Waals surface area contributed by atoms with Crippen LogP contribution in [0.2, 0.25) is 0 Å². The normalized spacial score (nSPS) is 9.92. The maximum atomic E-state index is 12.0. The van der Waals surface area contributed by atoms with Gasteiger partial charge in [0.25, 0.3) is 11.6 Å². The quantitative estimate of drug-likeness (QED) is 0.424. The van der Waals surface area contributed by atoms with Gasteiger partial charge in [0, 0.05) is 19.2 Å². The monoisotopic (exact) mass is 337 g/mol. The summed E-state index contributed by atoms with van der Waals surface area (Å²) in [5.41, 5.74) is -0.633. The summed E-state index contributed by atoms with van der Waals surface area (Å²) in [7, 11) is 0. The van der Waals surface area contributed by atoms with Gasteiger partial charge in [0.05, 0.1) is 11.5 Å². The van der Waals surface area contributed by atoms with Gasteiger partial charge in [-0.2, -0.15) is 0 Å². The Hall–Kier alpha value is -2.97. The van der Waals surface area contributed by atoms with Crippen LogP contribution in [0.3, 0.4) is 0 Å². The van der Waals surface area contributed by atoms with Gasteiger partial charge >= 0.3 is 5.97 Å². The van der Waals surface area contributed by atoms with Crippen LogP contribution >= 0.6 is 0 Å². The molecule has 130 valence electrons. The highest BCUT2D eigenvalue weighted by Gasteiger charge is 2.22. The lowest BCUT2D eigenvalue weighted by Gasteiger charge is -2.19. The molecule has 0 heterocycles. The second-order valence-electron chi connectivity index (χ2n) is 4.71. The molecule has 1 rings (SSSR count). The number of nitrogens with one attached hydrogen (secondary N) is 1. The Morgan fingerprint density at radius 2 is 1.92 bits per heavy atom. The predicted octanol–water partition coefficient (Wildman–Crippen LogP) is 0.736. The van der Waals surface area contributed by atoms with E-state index in [4.69, 9.17) is 4.74 Å². The minimum absolute atomic E-state index is 0.147. The van der Waals surface area contributed by atoms with Crippen LogP contribution in [-0.2, 0) is 14.3 Å². The van der Waals surface area contributed by atoms with Crippen LogP contribution in [0, 0.1) is 10.1 Å². The van der Waals surface area contributed by atoms with Crippen LogP contribution in [0.4, 0.5) is 5.69 Å². The van der Waals surface area contributed by atoms with Crippen LogP contribution in [0.15, 0.2) is 24.3 Å². The van der Waals surface area contributed by atoms with E-state index in [0.717, 1.165) is 0 Å². The molecule has 2 amide bonds. The number of hydrogen-bond donors (Lipinski definition) is 1. The maximum absolute atomic E-state index is 12.0. The fourth-order valence-electron chi connectivity index (χ4n) is 1.90. The molecule has 1 N–H and O–H groups in total. The average molecular weight is 337 g/mol. The van der Waals surface area contributed by atoms with E-state index < -0.39 is 29.1 Å². The Morgan fingerprint density at radius 1 is 1.25 bits per heavy atom. The first-order chi connectivity index (χ1) is 11.4. The zero-order valence-corrected chi connectivity index (χ0v) is 13.5. The third-order valence-electron chi connectivity index (χ3n) is 3.09. The van der Waals surface area contributed by atoms with Crippen molar-refractivity contribution in [3.63, 3.8) is 0 Å². The molecule has 0 unspecified atom stereocenters. The standard InChI is InChI=1S/C15H19N3O6/c1-3-16-13(19)9-17(4-2)14(20)10-24-15(21)11-7-5-6-8-12(11)18(22)23/h5-8H,3-4,9-10H2,1-2H3,(H,16,19). The molecule has 0 bridgehead atoms. The molecule has 0 saturated carbocycles. The van der Waals surface area contributed by atoms with Crippen molar-refractivity contribution in [2.24, 2.45) is 0 Å². The molecule has 0 atom stereocenters. The first kappa shape index (κ1) is 19.1. The van der Waals surface area contributed by atoms with E-state index in [0.29, 0.717) is 6.54 Å². The number of nitro groups is 1. The van der Waals surface area contributed by atoms with Crippen molar-refractivity contribution in [2.45, 2.75) is 13.8 Å². The number of carbonyl (C=O) groups excluding carboxylic acids is 3. The first-order valence-electron chi connectivity index (χ1n) is 7.35. The number of esters is 1. The number of para-hydroxylation sites is 1. The molecule has 0 radical (unpaired) electrons. The van der Waals surface area contributed by atoms with Gasteiger partial charge in [-0.15, -0.1) is 0 Å². The second-order valence-corrected chi connectivity index (χ2v) is 4.71. The summed E-state index contributed by atoms with van der Waals surface area (Å²) >= 11 is 0. The molecule has 0 saturated heterocycles. The highest BCUT2D eigenvalue weighted by molar-refractivity contribution is 5.95.